The minimum absolute atomic E-state index is 0.144. The maximum atomic E-state index is 10.4. The second-order valence-electron chi connectivity index (χ2n) is 5.85. The van der Waals surface area contributed by atoms with Crippen LogP contribution < -0.4 is 4.74 Å². The fourth-order valence-corrected chi connectivity index (χ4v) is 3.19. The molecule has 0 unspecified atom stereocenters. The van der Waals surface area contributed by atoms with E-state index in [1.165, 1.54) is 11.1 Å². The molecule has 2 amide bonds. The third-order valence-corrected chi connectivity index (χ3v) is 5.34. The number of rotatable bonds is 5. The van der Waals surface area contributed by atoms with Crippen molar-refractivity contribution in [2.75, 3.05) is 0 Å². The van der Waals surface area contributed by atoms with Crippen molar-refractivity contribution >= 4 is 43.9 Å². The molecular weight excluding hydrogens is 462 g/mol. The molecule has 0 radical (unpaired) electrons. The Morgan fingerprint density at radius 2 is 1.69 bits per heavy atom. The van der Waals surface area contributed by atoms with E-state index in [1.807, 2.05) is 24.3 Å². The number of amides is 2. The zero-order valence-electron chi connectivity index (χ0n) is 14.6. The van der Waals surface area contributed by atoms with Gasteiger partial charge in [0.15, 0.2) is 0 Å². The van der Waals surface area contributed by atoms with Crippen molar-refractivity contribution in [3.8, 4) is 5.75 Å². The van der Waals surface area contributed by atoms with Gasteiger partial charge in [-0.1, -0.05) is 59.6 Å². The Balaban J connectivity index is 0.000000254. The SMILES string of the molecule is CCCc1cc(OCc2ccccc2)ccc1Br.O=C1CCC(=O)N1Br. The smallest absolute Gasteiger partial charge is 0.239 e. The number of aryl methyl sites for hydroxylation is 1. The zero-order chi connectivity index (χ0) is 18.9. The van der Waals surface area contributed by atoms with Crippen LogP contribution in [0.1, 0.15) is 37.3 Å². The Bertz CT molecular complexity index is 734. The molecule has 0 N–H and O–H groups in total. The molecule has 1 saturated heterocycles. The fourth-order valence-electron chi connectivity index (χ4n) is 2.39. The molecule has 0 aromatic heterocycles. The van der Waals surface area contributed by atoms with E-state index in [1.54, 1.807) is 0 Å². The van der Waals surface area contributed by atoms with Crippen LogP contribution in [0.4, 0.5) is 0 Å². The van der Waals surface area contributed by atoms with Gasteiger partial charge in [0.2, 0.25) is 11.8 Å². The van der Waals surface area contributed by atoms with E-state index >= 15 is 0 Å². The molecule has 4 nitrogen and oxygen atoms in total. The van der Waals surface area contributed by atoms with Crippen LogP contribution in [0.2, 0.25) is 0 Å². The molecule has 0 saturated carbocycles. The van der Waals surface area contributed by atoms with E-state index in [0.717, 1.165) is 27.0 Å². The van der Waals surface area contributed by atoms with Crippen molar-refractivity contribution in [2.24, 2.45) is 0 Å². The van der Waals surface area contributed by atoms with E-state index in [4.69, 9.17) is 4.74 Å². The number of ether oxygens (including phenoxy) is 1. The molecule has 0 atom stereocenters. The Hall–Kier alpha value is -1.66. The van der Waals surface area contributed by atoms with Gasteiger partial charge in [0.05, 0.1) is 16.1 Å². The molecule has 0 spiro atoms. The first-order chi connectivity index (χ1) is 12.5. The van der Waals surface area contributed by atoms with Crippen LogP contribution in [0.3, 0.4) is 0 Å². The third-order valence-electron chi connectivity index (χ3n) is 3.78. The van der Waals surface area contributed by atoms with E-state index in [0.29, 0.717) is 19.4 Å². The summed E-state index contributed by atoms with van der Waals surface area (Å²) < 4.78 is 7.96. The molecule has 3 rings (SSSR count). The molecule has 2 aromatic rings. The predicted molar refractivity (Wildman–Crippen MR) is 109 cm³/mol. The number of benzene rings is 2. The molecule has 1 heterocycles. The lowest BCUT2D eigenvalue weighted by molar-refractivity contribution is -0.131. The zero-order valence-corrected chi connectivity index (χ0v) is 17.8. The summed E-state index contributed by atoms with van der Waals surface area (Å²) in [5.41, 5.74) is 2.50. The Kier molecular flexibility index (Phi) is 8.32. The predicted octanol–water partition coefficient (Wildman–Crippen LogP) is 5.43. The standard InChI is InChI=1S/C16H17BrO.C4H4BrNO2/c1-2-6-14-11-15(9-10-16(14)17)18-12-13-7-4-3-5-8-13;5-6-3(7)1-2-4(6)8/h3-5,7-11H,2,6,12H2,1H3;1-2H2. The van der Waals surface area contributed by atoms with Crippen LogP contribution in [0.25, 0.3) is 0 Å². The van der Waals surface area contributed by atoms with Gasteiger partial charge < -0.3 is 4.74 Å². The quantitative estimate of drug-likeness (QED) is 0.421. The number of hydrogen-bond donors (Lipinski definition) is 0. The van der Waals surface area contributed by atoms with Gasteiger partial charge in [-0.05, 0) is 35.7 Å². The summed E-state index contributed by atoms with van der Waals surface area (Å²) in [6.07, 6.45) is 2.91. The second-order valence-corrected chi connectivity index (χ2v) is 7.41. The number of carbonyl (C=O) groups is 2. The van der Waals surface area contributed by atoms with Crippen LogP contribution in [0, 0.1) is 0 Å². The highest BCUT2D eigenvalue weighted by Crippen LogP contribution is 2.24. The highest BCUT2D eigenvalue weighted by Gasteiger charge is 2.26. The number of halogens is 2. The van der Waals surface area contributed by atoms with E-state index in [2.05, 4.69) is 63.3 Å². The normalized spacial score (nSPS) is 13.4. The summed E-state index contributed by atoms with van der Waals surface area (Å²) in [6, 6.07) is 16.4. The second kappa shape index (κ2) is 10.5. The largest absolute Gasteiger partial charge is 0.489 e. The molecule has 1 aliphatic rings. The summed E-state index contributed by atoms with van der Waals surface area (Å²) in [5.74, 6) is 0.649. The molecule has 0 aliphatic carbocycles. The summed E-state index contributed by atoms with van der Waals surface area (Å²) in [4.78, 5) is 20.9. The van der Waals surface area contributed by atoms with Crippen molar-refractivity contribution in [3.05, 3.63) is 64.1 Å². The summed E-state index contributed by atoms with van der Waals surface area (Å²) in [6.45, 7) is 2.80. The lowest BCUT2D eigenvalue weighted by Gasteiger charge is -2.09. The number of carbonyl (C=O) groups excluding carboxylic acids is 2. The number of nitrogens with zero attached hydrogens (tertiary/aromatic N) is 1. The first-order valence-corrected chi connectivity index (χ1v) is 9.98. The lowest BCUT2D eigenvalue weighted by atomic mass is 10.1. The summed E-state index contributed by atoms with van der Waals surface area (Å²) in [7, 11) is 0. The minimum Gasteiger partial charge on any atom is -0.489 e. The number of imide groups is 1. The van der Waals surface area contributed by atoms with Crippen molar-refractivity contribution in [1.29, 1.82) is 0 Å². The highest BCUT2D eigenvalue weighted by molar-refractivity contribution is 9.10. The van der Waals surface area contributed by atoms with Gasteiger partial charge in [-0.25, -0.2) is 3.93 Å². The molecular formula is C20H21Br2NO3. The number of hydrogen-bond acceptors (Lipinski definition) is 3. The molecule has 138 valence electrons. The van der Waals surface area contributed by atoms with Crippen molar-refractivity contribution in [1.82, 2.24) is 3.93 Å². The Morgan fingerprint density at radius 3 is 2.23 bits per heavy atom. The topological polar surface area (TPSA) is 46.6 Å². The fraction of sp³-hybridized carbons (Fsp3) is 0.300. The Morgan fingerprint density at radius 1 is 1.04 bits per heavy atom. The van der Waals surface area contributed by atoms with Gasteiger partial charge >= 0.3 is 0 Å². The molecule has 1 aliphatic heterocycles. The van der Waals surface area contributed by atoms with Crippen LogP contribution in [0.15, 0.2) is 53.0 Å². The van der Waals surface area contributed by atoms with Gasteiger partial charge in [-0.2, -0.15) is 0 Å². The first-order valence-electron chi connectivity index (χ1n) is 8.48. The third kappa shape index (κ3) is 6.25. The van der Waals surface area contributed by atoms with Crippen molar-refractivity contribution in [3.63, 3.8) is 0 Å². The van der Waals surface area contributed by atoms with Gasteiger partial charge in [0, 0.05) is 17.3 Å². The molecule has 0 bridgehead atoms. The van der Waals surface area contributed by atoms with Gasteiger partial charge in [0.1, 0.15) is 12.4 Å². The molecule has 1 fully saturated rings. The molecule has 6 heteroatoms. The maximum Gasteiger partial charge on any atom is 0.239 e. The molecule has 26 heavy (non-hydrogen) atoms. The van der Waals surface area contributed by atoms with Crippen LogP contribution >= 0.6 is 32.1 Å². The van der Waals surface area contributed by atoms with Gasteiger partial charge in [-0.3, -0.25) is 9.59 Å². The Labute approximate surface area is 171 Å². The van der Waals surface area contributed by atoms with Crippen molar-refractivity contribution < 1.29 is 14.3 Å². The highest BCUT2D eigenvalue weighted by atomic mass is 79.9. The van der Waals surface area contributed by atoms with Crippen LogP contribution in [0.5, 0.6) is 5.75 Å². The first kappa shape index (κ1) is 20.6. The van der Waals surface area contributed by atoms with Crippen LogP contribution in [-0.2, 0) is 22.6 Å². The lowest BCUT2D eigenvalue weighted by Crippen LogP contribution is -2.16. The van der Waals surface area contributed by atoms with E-state index in [-0.39, 0.29) is 11.8 Å². The summed E-state index contributed by atoms with van der Waals surface area (Å²) in [5, 5.41) is 0. The summed E-state index contributed by atoms with van der Waals surface area (Å²) >= 11 is 6.38. The van der Waals surface area contributed by atoms with E-state index < -0.39 is 0 Å². The van der Waals surface area contributed by atoms with Gasteiger partial charge in [0.25, 0.3) is 0 Å². The van der Waals surface area contributed by atoms with E-state index in [9.17, 15) is 9.59 Å². The van der Waals surface area contributed by atoms with Gasteiger partial charge in [-0.15, -0.1) is 0 Å². The van der Waals surface area contributed by atoms with Crippen LogP contribution in [-0.4, -0.2) is 15.7 Å². The van der Waals surface area contributed by atoms with Crippen molar-refractivity contribution in [2.45, 2.75) is 39.2 Å². The average Bonchev–Trinajstić information content (AvgIpc) is 2.95. The molecule has 2 aromatic carbocycles. The monoisotopic (exact) mass is 481 g/mol. The maximum absolute atomic E-state index is 10.4. The minimum atomic E-state index is -0.144. The average molecular weight is 483 g/mol.